The summed E-state index contributed by atoms with van der Waals surface area (Å²) in [5.41, 5.74) is 1.36. The summed E-state index contributed by atoms with van der Waals surface area (Å²) in [6.07, 6.45) is 4.32. The van der Waals surface area contributed by atoms with E-state index in [9.17, 15) is 0 Å². The van der Waals surface area contributed by atoms with Crippen molar-refractivity contribution in [3.8, 4) is 0 Å². The van der Waals surface area contributed by atoms with Gasteiger partial charge in [0.2, 0.25) is 0 Å². The van der Waals surface area contributed by atoms with Crippen LogP contribution in [0, 0.1) is 5.92 Å². The Kier molecular flexibility index (Phi) is 4.20. The Balaban J connectivity index is 1.23. The summed E-state index contributed by atoms with van der Waals surface area (Å²) in [6.45, 7) is 5.43. The summed E-state index contributed by atoms with van der Waals surface area (Å²) in [7, 11) is 0. The van der Waals surface area contributed by atoms with Crippen LogP contribution in [0.15, 0.2) is 42.6 Å². The molecule has 1 aromatic carbocycles. The molecule has 1 saturated heterocycles. The van der Waals surface area contributed by atoms with E-state index in [1.807, 2.05) is 12.3 Å². The molecule has 1 atom stereocenters. The Morgan fingerprint density at radius 1 is 1.13 bits per heavy atom. The summed E-state index contributed by atoms with van der Waals surface area (Å²) in [5.74, 6) is 1.77. The summed E-state index contributed by atoms with van der Waals surface area (Å²) in [5, 5.41) is 11.6. The lowest BCUT2D eigenvalue weighted by Gasteiger charge is -2.35. The Hall–Kier alpha value is -2.01. The summed E-state index contributed by atoms with van der Waals surface area (Å²) >= 11 is 0. The second kappa shape index (κ2) is 6.62. The van der Waals surface area contributed by atoms with Crippen molar-refractivity contribution in [1.82, 2.24) is 15.1 Å². The lowest BCUT2D eigenvalue weighted by Crippen LogP contribution is -2.45. The number of nitrogens with one attached hydrogen (secondary N) is 2. The van der Waals surface area contributed by atoms with Crippen LogP contribution in [0.5, 0.6) is 0 Å². The van der Waals surface area contributed by atoms with Gasteiger partial charge in [-0.3, -0.25) is 0 Å². The molecular weight excluding hydrogens is 286 g/mol. The highest BCUT2D eigenvalue weighted by molar-refractivity contribution is 5.46. The smallest absolute Gasteiger partial charge is 0.124 e. The fraction of sp³-hybridized carbons (Fsp3) is 0.500. The molecule has 0 aliphatic carbocycles. The van der Waals surface area contributed by atoms with E-state index in [0.29, 0.717) is 12.0 Å². The van der Waals surface area contributed by atoms with Crippen molar-refractivity contribution < 1.29 is 0 Å². The van der Waals surface area contributed by atoms with E-state index in [0.717, 1.165) is 38.5 Å². The van der Waals surface area contributed by atoms with Crippen molar-refractivity contribution in [3.63, 3.8) is 0 Å². The third-order valence-corrected chi connectivity index (χ3v) is 5.03. The zero-order chi connectivity index (χ0) is 15.5. The van der Waals surface area contributed by atoms with Crippen LogP contribution in [-0.2, 0) is 6.54 Å². The summed E-state index contributed by atoms with van der Waals surface area (Å²) in [4.78, 5) is 2.50. The standard InChI is InChI=1S/C18H25N5/c1-2-4-17(5-3-1)22-10-7-16(8-11-22)19-12-15-13-20-18-6-9-21-23(18)14-15/h1-6,9,15-16,19-20H,7-8,10-14H2. The van der Waals surface area contributed by atoms with Crippen LogP contribution in [0.1, 0.15) is 12.8 Å². The van der Waals surface area contributed by atoms with E-state index in [1.54, 1.807) is 0 Å². The largest absolute Gasteiger partial charge is 0.371 e. The van der Waals surface area contributed by atoms with Crippen LogP contribution < -0.4 is 15.5 Å². The first-order chi connectivity index (χ1) is 11.4. The first-order valence-corrected chi connectivity index (χ1v) is 8.67. The van der Waals surface area contributed by atoms with Gasteiger partial charge in [-0.25, -0.2) is 4.68 Å². The van der Waals surface area contributed by atoms with Crippen molar-refractivity contribution in [2.45, 2.75) is 25.4 Å². The van der Waals surface area contributed by atoms with E-state index < -0.39 is 0 Å². The molecule has 2 aromatic rings. The quantitative estimate of drug-likeness (QED) is 0.908. The van der Waals surface area contributed by atoms with Crippen molar-refractivity contribution >= 4 is 11.5 Å². The van der Waals surface area contributed by atoms with Gasteiger partial charge in [0, 0.05) is 56.4 Å². The third-order valence-electron chi connectivity index (χ3n) is 5.03. The fourth-order valence-corrected chi connectivity index (χ4v) is 3.64. The molecule has 0 saturated carbocycles. The van der Waals surface area contributed by atoms with Gasteiger partial charge in [0.15, 0.2) is 0 Å². The second-order valence-electron chi connectivity index (χ2n) is 6.65. The van der Waals surface area contributed by atoms with Crippen molar-refractivity contribution in [1.29, 1.82) is 0 Å². The highest BCUT2D eigenvalue weighted by atomic mass is 15.3. The Morgan fingerprint density at radius 3 is 2.78 bits per heavy atom. The first kappa shape index (κ1) is 14.6. The van der Waals surface area contributed by atoms with Gasteiger partial charge in [-0.15, -0.1) is 0 Å². The number of hydrogen-bond acceptors (Lipinski definition) is 4. The molecule has 4 rings (SSSR count). The predicted octanol–water partition coefficient (Wildman–Crippen LogP) is 2.18. The number of aromatic nitrogens is 2. The highest BCUT2D eigenvalue weighted by Crippen LogP contribution is 2.20. The van der Waals surface area contributed by atoms with Gasteiger partial charge in [0.1, 0.15) is 5.82 Å². The zero-order valence-corrected chi connectivity index (χ0v) is 13.5. The van der Waals surface area contributed by atoms with E-state index in [-0.39, 0.29) is 0 Å². The first-order valence-electron chi connectivity index (χ1n) is 8.67. The van der Waals surface area contributed by atoms with Crippen LogP contribution in [0.4, 0.5) is 11.5 Å². The third kappa shape index (κ3) is 3.34. The van der Waals surface area contributed by atoms with Crippen molar-refractivity contribution in [2.75, 3.05) is 36.4 Å². The van der Waals surface area contributed by atoms with Gasteiger partial charge in [-0.1, -0.05) is 18.2 Å². The minimum absolute atomic E-state index is 0.620. The van der Waals surface area contributed by atoms with Gasteiger partial charge >= 0.3 is 0 Å². The fourth-order valence-electron chi connectivity index (χ4n) is 3.64. The SMILES string of the molecule is c1ccc(N2CCC(NCC3CNc4ccnn4C3)CC2)cc1. The second-order valence-corrected chi connectivity index (χ2v) is 6.65. The molecule has 1 aromatic heterocycles. The number of fused-ring (bicyclic) bond motifs is 1. The molecule has 5 nitrogen and oxygen atoms in total. The van der Waals surface area contributed by atoms with Crippen LogP contribution >= 0.6 is 0 Å². The number of hydrogen-bond donors (Lipinski definition) is 2. The molecule has 0 bridgehead atoms. The molecule has 0 amide bonds. The molecule has 2 aliphatic heterocycles. The van der Waals surface area contributed by atoms with Gasteiger partial charge < -0.3 is 15.5 Å². The van der Waals surface area contributed by atoms with E-state index >= 15 is 0 Å². The lowest BCUT2D eigenvalue weighted by atomic mass is 10.0. The number of rotatable bonds is 4. The Bertz CT molecular complexity index is 615. The molecule has 3 heterocycles. The van der Waals surface area contributed by atoms with Gasteiger partial charge in [0.25, 0.3) is 0 Å². The maximum Gasteiger partial charge on any atom is 0.124 e. The van der Waals surface area contributed by atoms with E-state index in [2.05, 4.69) is 55.6 Å². The number of benzene rings is 1. The van der Waals surface area contributed by atoms with Crippen LogP contribution in [-0.4, -0.2) is 42.0 Å². The van der Waals surface area contributed by atoms with Crippen LogP contribution in [0.3, 0.4) is 0 Å². The van der Waals surface area contributed by atoms with Crippen LogP contribution in [0.25, 0.3) is 0 Å². The zero-order valence-electron chi connectivity index (χ0n) is 13.5. The maximum absolute atomic E-state index is 4.37. The summed E-state index contributed by atoms with van der Waals surface area (Å²) < 4.78 is 2.08. The molecule has 0 radical (unpaired) electrons. The highest BCUT2D eigenvalue weighted by Gasteiger charge is 2.22. The number of para-hydroxylation sites is 1. The lowest BCUT2D eigenvalue weighted by molar-refractivity contribution is 0.342. The normalized spacial score (nSPS) is 21.7. The maximum atomic E-state index is 4.37. The molecule has 1 fully saturated rings. The van der Waals surface area contributed by atoms with Crippen LogP contribution in [0.2, 0.25) is 0 Å². The number of nitrogens with zero attached hydrogens (tertiary/aromatic N) is 3. The van der Waals surface area contributed by atoms with Crippen molar-refractivity contribution in [3.05, 3.63) is 42.6 Å². The Labute approximate surface area is 137 Å². The molecular formula is C18H25N5. The van der Waals surface area contributed by atoms with Crippen molar-refractivity contribution in [2.24, 2.45) is 5.92 Å². The molecule has 23 heavy (non-hydrogen) atoms. The van der Waals surface area contributed by atoms with Gasteiger partial charge in [-0.05, 0) is 25.0 Å². The van der Waals surface area contributed by atoms with E-state index in [4.69, 9.17) is 0 Å². The van der Waals surface area contributed by atoms with Gasteiger partial charge in [0.05, 0.1) is 6.20 Å². The topological polar surface area (TPSA) is 45.1 Å². The molecule has 2 N–H and O–H groups in total. The number of anilines is 2. The minimum Gasteiger partial charge on any atom is -0.371 e. The summed E-state index contributed by atoms with van der Waals surface area (Å²) in [6, 6.07) is 13.4. The molecule has 0 spiro atoms. The average molecular weight is 311 g/mol. The molecule has 5 heteroatoms. The van der Waals surface area contributed by atoms with E-state index in [1.165, 1.54) is 18.5 Å². The number of piperidine rings is 1. The molecule has 2 aliphatic rings. The minimum atomic E-state index is 0.620. The monoisotopic (exact) mass is 311 g/mol. The Morgan fingerprint density at radius 2 is 1.96 bits per heavy atom. The van der Waals surface area contributed by atoms with Gasteiger partial charge in [-0.2, -0.15) is 5.10 Å². The molecule has 122 valence electrons. The molecule has 1 unspecified atom stereocenters. The average Bonchev–Trinajstić information content (AvgIpc) is 3.09. The predicted molar refractivity (Wildman–Crippen MR) is 93.9 cm³/mol.